The van der Waals surface area contributed by atoms with Crippen LogP contribution >= 0.6 is 0 Å². The molecule has 0 saturated carbocycles. The van der Waals surface area contributed by atoms with Gasteiger partial charge < -0.3 is 10.6 Å². The van der Waals surface area contributed by atoms with Crippen LogP contribution < -0.4 is 10.6 Å². The van der Waals surface area contributed by atoms with Gasteiger partial charge in [0.1, 0.15) is 5.54 Å². The third-order valence-electron chi connectivity index (χ3n) is 4.12. The quantitative estimate of drug-likeness (QED) is 0.699. The molecule has 0 bridgehead atoms. The lowest BCUT2D eigenvalue weighted by Crippen LogP contribution is -2.63. The maximum atomic E-state index is 9.66. The highest BCUT2D eigenvalue weighted by atomic mass is 15.3. The van der Waals surface area contributed by atoms with Crippen molar-refractivity contribution in [3.05, 3.63) is 0 Å². The average Bonchev–Trinajstić information content (AvgIpc) is 2.39. The van der Waals surface area contributed by atoms with Crippen molar-refractivity contribution < 1.29 is 0 Å². The Bertz CT molecular complexity index is 267. The predicted molar refractivity (Wildman–Crippen MR) is 64.1 cm³/mol. The van der Waals surface area contributed by atoms with E-state index in [1.54, 1.807) is 0 Å². The summed E-state index contributed by atoms with van der Waals surface area (Å²) in [5.41, 5.74) is -0.206. The second-order valence-electron chi connectivity index (χ2n) is 4.83. The van der Waals surface area contributed by atoms with Gasteiger partial charge >= 0.3 is 0 Å². The molecule has 0 aliphatic carbocycles. The first-order valence-electron chi connectivity index (χ1n) is 6.41. The fraction of sp³-hybridized carbons (Fsp3) is 0.917. The molecule has 2 aliphatic rings. The Morgan fingerprint density at radius 1 is 1.31 bits per heavy atom. The molecular weight excluding hydrogens is 200 g/mol. The smallest absolute Gasteiger partial charge is 0.114 e. The summed E-state index contributed by atoms with van der Waals surface area (Å²) in [6, 6.07) is 2.65. The van der Waals surface area contributed by atoms with E-state index >= 15 is 0 Å². The van der Waals surface area contributed by atoms with E-state index in [1.165, 1.54) is 0 Å². The minimum absolute atomic E-state index is 0.206. The number of hydrogen-bond acceptors (Lipinski definition) is 4. The molecule has 2 fully saturated rings. The van der Waals surface area contributed by atoms with Gasteiger partial charge in [0.25, 0.3) is 0 Å². The molecule has 4 heteroatoms. The molecule has 0 aromatic heterocycles. The van der Waals surface area contributed by atoms with Gasteiger partial charge in [0.2, 0.25) is 0 Å². The number of rotatable bonds is 2. The van der Waals surface area contributed by atoms with Crippen LogP contribution in [-0.2, 0) is 0 Å². The Hall–Kier alpha value is -0.630. The largest absolute Gasteiger partial charge is 0.316 e. The van der Waals surface area contributed by atoms with Crippen LogP contribution in [0.4, 0.5) is 0 Å². The van der Waals surface area contributed by atoms with E-state index in [9.17, 15) is 5.26 Å². The lowest BCUT2D eigenvalue weighted by Gasteiger charge is -2.48. The van der Waals surface area contributed by atoms with Crippen LogP contribution in [0.2, 0.25) is 0 Å². The lowest BCUT2D eigenvalue weighted by molar-refractivity contribution is 0.0412. The summed E-state index contributed by atoms with van der Waals surface area (Å²) >= 11 is 0. The summed E-state index contributed by atoms with van der Waals surface area (Å²) in [7, 11) is 0. The maximum absolute atomic E-state index is 9.66. The molecule has 0 amide bonds. The fourth-order valence-electron chi connectivity index (χ4n) is 3.11. The van der Waals surface area contributed by atoms with Gasteiger partial charge in [-0.15, -0.1) is 0 Å². The summed E-state index contributed by atoms with van der Waals surface area (Å²) in [5.74, 6) is 0.476. The molecule has 4 nitrogen and oxygen atoms in total. The zero-order chi connectivity index (χ0) is 11.4. The van der Waals surface area contributed by atoms with Gasteiger partial charge in [-0.25, -0.2) is 0 Å². The van der Waals surface area contributed by atoms with E-state index in [2.05, 4.69) is 28.5 Å². The second kappa shape index (κ2) is 5.13. The topological polar surface area (TPSA) is 51.1 Å². The molecule has 2 N–H and O–H groups in total. The van der Waals surface area contributed by atoms with E-state index in [0.717, 1.165) is 52.1 Å². The fourth-order valence-corrected chi connectivity index (χ4v) is 3.11. The van der Waals surface area contributed by atoms with Crippen molar-refractivity contribution in [1.82, 2.24) is 15.5 Å². The molecule has 0 radical (unpaired) electrons. The molecule has 2 heterocycles. The predicted octanol–water partition coefficient (Wildman–Crippen LogP) is 0.173. The van der Waals surface area contributed by atoms with Gasteiger partial charge in [-0.1, -0.05) is 6.92 Å². The van der Waals surface area contributed by atoms with Crippen molar-refractivity contribution >= 4 is 0 Å². The third-order valence-corrected chi connectivity index (χ3v) is 4.12. The van der Waals surface area contributed by atoms with Crippen LogP contribution in [0.25, 0.3) is 0 Å². The molecule has 2 atom stereocenters. The summed E-state index contributed by atoms with van der Waals surface area (Å²) in [5, 5.41) is 16.4. The van der Waals surface area contributed by atoms with Gasteiger partial charge in [0.15, 0.2) is 0 Å². The number of piperidine rings is 1. The first kappa shape index (κ1) is 11.8. The van der Waals surface area contributed by atoms with Crippen LogP contribution in [0.15, 0.2) is 0 Å². The summed E-state index contributed by atoms with van der Waals surface area (Å²) in [4.78, 5) is 2.42. The highest BCUT2D eigenvalue weighted by Crippen LogP contribution is 2.32. The first-order chi connectivity index (χ1) is 7.83. The summed E-state index contributed by atoms with van der Waals surface area (Å²) in [6.07, 6.45) is 2.06. The Balaban J connectivity index is 2.17. The Morgan fingerprint density at radius 2 is 2.06 bits per heavy atom. The van der Waals surface area contributed by atoms with Crippen molar-refractivity contribution in [1.29, 1.82) is 5.26 Å². The molecule has 2 saturated heterocycles. The average molecular weight is 222 g/mol. The van der Waals surface area contributed by atoms with E-state index in [4.69, 9.17) is 0 Å². The molecular formula is C12H22N4. The highest BCUT2D eigenvalue weighted by molar-refractivity contribution is 5.15. The maximum Gasteiger partial charge on any atom is 0.114 e. The van der Waals surface area contributed by atoms with Crippen LogP contribution in [0.3, 0.4) is 0 Å². The Labute approximate surface area is 98.0 Å². The number of nitrogens with one attached hydrogen (secondary N) is 2. The highest BCUT2D eigenvalue weighted by Gasteiger charge is 2.45. The van der Waals surface area contributed by atoms with Gasteiger partial charge in [-0.2, -0.15) is 5.26 Å². The van der Waals surface area contributed by atoms with Crippen LogP contribution in [0.1, 0.15) is 19.8 Å². The first-order valence-corrected chi connectivity index (χ1v) is 6.41. The van der Waals surface area contributed by atoms with Crippen molar-refractivity contribution in [2.45, 2.75) is 25.3 Å². The molecule has 90 valence electrons. The standard InChI is InChI=1S/C12H22N4/c1-2-11-9-15-4-3-12(11,10-13)16-7-5-14-6-8-16/h11,14-15H,2-9H2,1H3. The molecule has 2 unspecified atom stereocenters. The lowest BCUT2D eigenvalue weighted by atomic mass is 9.76. The SMILES string of the molecule is CCC1CNCCC1(C#N)N1CCNCC1. The summed E-state index contributed by atoms with van der Waals surface area (Å²) in [6.45, 7) is 8.25. The zero-order valence-electron chi connectivity index (χ0n) is 10.1. The Kier molecular flexibility index (Phi) is 3.80. The number of nitriles is 1. The number of nitrogens with zero attached hydrogens (tertiary/aromatic N) is 2. The molecule has 0 aromatic carbocycles. The second-order valence-corrected chi connectivity index (χ2v) is 4.83. The number of piperazine rings is 1. The van der Waals surface area contributed by atoms with Gasteiger partial charge in [0.05, 0.1) is 6.07 Å². The van der Waals surface area contributed by atoms with E-state index in [-0.39, 0.29) is 5.54 Å². The molecule has 2 rings (SSSR count). The molecule has 2 aliphatic heterocycles. The van der Waals surface area contributed by atoms with Crippen molar-refractivity contribution in [2.24, 2.45) is 5.92 Å². The zero-order valence-corrected chi connectivity index (χ0v) is 10.1. The van der Waals surface area contributed by atoms with E-state index in [0.29, 0.717) is 5.92 Å². The minimum atomic E-state index is -0.206. The van der Waals surface area contributed by atoms with E-state index in [1.807, 2.05) is 0 Å². The molecule has 0 aromatic rings. The van der Waals surface area contributed by atoms with Gasteiger partial charge in [0, 0.05) is 38.6 Å². The molecule has 16 heavy (non-hydrogen) atoms. The van der Waals surface area contributed by atoms with Crippen LogP contribution in [0.5, 0.6) is 0 Å². The van der Waals surface area contributed by atoms with Gasteiger partial charge in [-0.05, 0) is 19.4 Å². The van der Waals surface area contributed by atoms with Gasteiger partial charge in [-0.3, -0.25) is 4.90 Å². The van der Waals surface area contributed by atoms with Crippen LogP contribution in [0, 0.1) is 17.2 Å². The third kappa shape index (κ3) is 1.95. The minimum Gasteiger partial charge on any atom is -0.316 e. The molecule has 0 spiro atoms. The number of hydrogen-bond donors (Lipinski definition) is 2. The Morgan fingerprint density at radius 3 is 2.69 bits per heavy atom. The summed E-state index contributed by atoms with van der Waals surface area (Å²) < 4.78 is 0. The monoisotopic (exact) mass is 222 g/mol. The normalized spacial score (nSPS) is 36.9. The van der Waals surface area contributed by atoms with Crippen molar-refractivity contribution in [2.75, 3.05) is 39.3 Å². The van der Waals surface area contributed by atoms with Crippen molar-refractivity contribution in [3.63, 3.8) is 0 Å². The van der Waals surface area contributed by atoms with Crippen molar-refractivity contribution in [3.8, 4) is 6.07 Å². The van der Waals surface area contributed by atoms with Crippen LogP contribution in [-0.4, -0.2) is 49.7 Å². The van der Waals surface area contributed by atoms with E-state index < -0.39 is 0 Å².